The summed E-state index contributed by atoms with van der Waals surface area (Å²) in [5.41, 5.74) is 1.90. The molecule has 3 rings (SSSR count). The minimum absolute atomic E-state index is 0.0947. The van der Waals surface area contributed by atoms with E-state index in [1.165, 1.54) is 0 Å². The van der Waals surface area contributed by atoms with Crippen molar-refractivity contribution in [2.24, 2.45) is 5.92 Å². The maximum Gasteiger partial charge on any atom is 0.321 e. The fourth-order valence-corrected chi connectivity index (χ4v) is 4.36. The average Bonchev–Trinajstić information content (AvgIpc) is 2.67. The molecule has 2 aliphatic heterocycles. The summed E-state index contributed by atoms with van der Waals surface area (Å²) >= 11 is 0. The monoisotopic (exact) mass is 388 g/mol. The van der Waals surface area contributed by atoms with Gasteiger partial charge in [0.2, 0.25) is 0 Å². The van der Waals surface area contributed by atoms with E-state index in [0.717, 1.165) is 43.9 Å². The van der Waals surface area contributed by atoms with Gasteiger partial charge in [0.15, 0.2) is 0 Å². The van der Waals surface area contributed by atoms with Crippen molar-refractivity contribution in [1.29, 1.82) is 0 Å². The Morgan fingerprint density at radius 3 is 2.61 bits per heavy atom. The molecule has 0 saturated carbocycles. The Bertz CT molecular complexity index is 688. The van der Waals surface area contributed by atoms with Gasteiger partial charge in [-0.2, -0.15) is 0 Å². The molecule has 0 radical (unpaired) electrons. The number of aryl methyl sites for hydroxylation is 1. The number of nitrogens with one attached hydrogen (secondary N) is 1. The van der Waals surface area contributed by atoms with E-state index in [1.807, 2.05) is 36.1 Å². The Hall–Kier alpha value is -2.12. The van der Waals surface area contributed by atoms with Gasteiger partial charge in [-0.25, -0.2) is 4.79 Å². The number of carboxylic acid groups (broad SMARTS) is 1. The minimum atomic E-state index is -0.765. The topological polar surface area (TPSA) is 76.1 Å². The third-order valence-electron chi connectivity index (χ3n) is 5.99. The number of urea groups is 1. The number of carbonyl (C=O) groups excluding carboxylic acids is 1. The van der Waals surface area contributed by atoms with Gasteiger partial charge in [-0.15, -0.1) is 0 Å². The number of benzene rings is 1. The third kappa shape index (κ3) is 5.45. The first-order valence-electron chi connectivity index (χ1n) is 10.2. The molecule has 2 fully saturated rings. The van der Waals surface area contributed by atoms with Crippen molar-refractivity contribution in [1.82, 2.24) is 14.7 Å². The molecular weight excluding hydrogens is 356 g/mol. The third-order valence-corrected chi connectivity index (χ3v) is 5.99. The summed E-state index contributed by atoms with van der Waals surface area (Å²) in [5.74, 6) is -0.574. The molecule has 0 bridgehead atoms. The van der Waals surface area contributed by atoms with Crippen LogP contribution in [0.2, 0.25) is 0 Å². The first-order valence-corrected chi connectivity index (χ1v) is 10.2. The molecule has 1 aromatic carbocycles. The smallest absolute Gasteiger partial charge is 0.321 e. The van der Waals surface area contributed by atoms with Crippen LogP contribution in [0, 0.1) is 12.8 Å². The molecular formula is C21H32N4O3. The fourth-order valence-electron chi connectivity index (χ4n) is 4.36. The van der Waals surface area contributed by atoms with Crippen LogP contribution in [0.1, 0.15) is 24.8 Å². The lowest BCUT2D eigenvalue weighted by Crippen LogP contribution is -2.57. The van der Waals surface area contributed by atoms with Crippen molar-refractivity contribution in [2.45, 2.75) is 32.2 Å². The summed E-state index contributed by atoms with van der Waals surface area (Å²) in [5, 5.41) is 12.1. The van der Waals surface area contributed by atoms with Gasteiger partial charge in [0, 0.05) is 57.4 Å². The first-order chi connectivity index (χ1) is 13.4. The molecule has 7 nitrogen and oxygen atoms in total. The molecule has 0 spiro atoms. The number of anilines is 1. The van der Waals surface area contributed by atoms with Crippen LogP contribution in [-0.4, -0.2) is 84.2 Å². The molecule has 1 aromatic rings. The molecule has 2 unspecified atom stereocenters. The number of nitrogens with zero attached hydrogens (tertiary/aromatic N) is 3. The molecule has 2 aliphatic rings. The maximum absolute atomic E-state index is 12.8. The molecule has 28 heavy (non-hydrogen) atoms. The minimum Gasteiger partial charge on any atom is -0.481 e. The summed E-state index contributed by atoms with van der Waals surface area (Å²) in [7, 11) is 2.14. The van der Waals surface area contributed by atoms with E-state index in [0.29, 0.717) is 25.6 Å². The lowest BCUT2D eigenvalue weighted by Gasteiger charge is -2.46. The van der Waals surface area contributed by atoms with Crippen molar-refractivity contribution in [3.05, 3.63) is 29.8 Å². The van der Waals surface area contributed by atoms with E-state index >= 15 is 0 Å². The fraction of sp³-hybridized carbons (Fsp3) is 0.619. The SMILES string of the molecule is Cc1cccc(NC(=O)N2CCC(N3CCN(C)CC3)C(CCC(=O)O)C2)c1. The van der Waals surface area contributed by atoms with E-state index in [9.17, 15) is 9.59 Å². The van der Waals surface area contributed by atoms with Crippen molar-refractivity contribution < 1.29 is 14.7 Å². The van der Waals surface area contributed by atoms with Crippen molar-refractivity contribution in [3.8, 4) is 0 Å². The molecule has 0 aliphatic carbocycles. The Balaban J connectivity index is 1.64. The van der Waals surface area contributed by atoms with Gasteiger partial charge in [0.1, 0.15) is 0 Å². The summed E-state index contributed by atoms with van der Waals surface area (Å²) < 4.78 is 0. The zero-order valence-corrected chi connectivity index (χ0v) is 16.9. The summed E-state index contributed by atoms with van der Waals surface area (Å²) in [6.07, 6.45) is 1.66. The van der Waals surface area contributed by atoms with Crippen LogP contribution < -0.4 is 5.32 Å². The van der Waals surface area contributed by atoms with Gasteiger partial charge in [-0.05, 0) is 50.4 Å². The number of carbonyl (C=O) groups is 2. The molecule has 2 amide bonds. The van der Waals surface area contributed by atoms with Crippen molar-refractivity contribution in [2.75, 3.05) is 51.6 Å². The van der Waals surface area contributed by atoms with Crippen molar-refractivity contribution in [3.63, 3.8) is 0 Å². The van der Waals surface area contributed by atoms with Crippen LogP contribution in [0.5, 0.6) is 0 Å². The van der Waals surface area contributed by atoms with E-state index in [2.05, 4.69) is 22.2 Å². The Kier molecular flexibility index (Phi) is 6.91. The highest BCUT2D eigenvalue weighted by molar-refractivity contribution is 5.89. The van der Waals surface area contributed by atoms with E-state index in [1.54, 1.807) is 0 Å². The van der Waals surface area contributed by atoms with E-state index < -0.39 is 5.97 Å². The number of likely N-dealkylation sites (tertiary alicyclic amines) is 1. The van der Waals surface area contributed by atoms with Gasteiger partial charge in [0.05, 0.1) is 0 Å². The summed E-state index contributed by atoms with van der Waals surface area (Å²) in [4.78, 5) is 30.6. The lowest BCUT2D eigenvalue weighted by molar-refractivity contribution is -0.137. The predicted molar refractivity (Wildman–Crippen MR) is 110 cm³/mol. The lowest BCUT2D eigenvalue weighted by atomic mass is 9.86. The van der Waals surface area contributed by atoms with E-state index in [-0.39, 0.29) is 18.4 Å². The van der Waals surface area contributed by atoms with Crippen LogP contribution in [0.25, 0.3) is 0 Å². The molecule has 2 heterocycles. The van der Waals surface area contributed by atoms with Gasteiger partial charge in [0.25, 0.3) is 0 Å². The normalized spacial score (nSPS) is 24.1. The highest BCUT2D eigenvalue weighted by atomic mass is 16.4. The highest BCUT2D eigenvalue weighted by Gasteiger charge is 2.36. The number of rotatable bonds is 5. The quantitative estimate of drug-likeness (QED) is 0.810. The van der Waals surface area contributed by atoms with Gasteiger partial charge >= 0.3 is 12.0 Å². The molecule has 2 saturated heterocycles. The number of aliphatic carboxylic acids is 1. The summed E-state index contributed by atoms with van der Waals surface area (Å²) in [6, 6.07) is 8.04. The standard InChI is InChI=1S/C21H32N4O3/c1-16-4-3-5-18(14-16)22-21(28)25-9-8-19(17(15-25)6-7-20(26)27)24-12-10-23(2)11-13-24/h3-5,14,17,19H,6-13,15H2,1-2H3,(H,22,28)(H,26,27). The zero-order valence-electron chi connectivity index (χ0n) is 16.9. The first kappa shape index (κ1) is 20.6. The maximum atomic E-state index is 12.8. The summed E-state index contributed by atoms with van der Waals surface area (Å²) in [6.45, 7) is 7.43. The molecule has 154 valence electrons. The second-order valence-corrected chi connectivity index (χ2v) is 8.13. The second kappa shape index (κ2) is 9.39. The van der Waals surface area contributed by atoms with E-state index in [4.69, 9.17) is 5.11 Å². The van der Waals surface area contributed by atoms with Gasteiger partial charge in [-0.3, -0.25) is 9.69 Å². The number of amides is 2. The number of piperidine rings is 1. The second-order valence-electron chi connectivity index (χ2n) is 8.13. The largest absolute Gasteiger partial charge is 0.481 e. The predicted octanol–water partition coefficient (Wildman–Crippen LogP) is 2.33. The number of carboxylic acids is 1. The zero-order chi connectivity index (χ0) is 20.1. The Labute approximate surface area is 167 Å². The molecule has 2 atom stereocenters. The number of hydrogen-bond acceptors (Lipinski definition) is 4. The van der Waals surface area contributed by atoms with Crippen molar-refractivity contribution >= 4 is 17.7 Å². The van der Waals surface area contributed by atoms with Crippen LogP contribution >= 0.6 is 0 Å². The van der Waals surface area contributed by atoms with Gasteiger partial charge < -0.3 is 20.2 Å². The number of hydrogen-bond donors (Lipinski definition) is 2. The van der Waals surface area contributed by atoms with Gasteiger partial charge in [-0.1, -0.05) is 12.1 Å². The average molecular weight is 389 g/mol. The molecule has 2 N–H and O–H groups in total. The van der Waals surface area contributed by atoms with Crippen LogP contribution in [0.3, 0.4) is 0 Å². The van der Waals surface area contributed by atoms with Crippen LogP contribution in [-0.2, 0) is 4.79 Å². The van der Waals surface area contributed by atoms with Crippen LogP contribution in [0.4, 0.5) is 10.5 Å². The molecule has 7 heteroatoms. The highest BCUT2D eigenvalue weighted by Crippen LogP contribution is 2.27. The van der Waals surface area contributed by atoms with Crippen LogP contribution in [0.15, 0.2) is 24.3 Å². The molecule has 0 aromatic heterocycles. The Morgan fingerprint density at radius 2 is 1.93 bits per heavy atom. The number of piperazine rings is 1. The Morgan fingerprint density at radius 1 is 1.18 bits per heavy atom. The number of likely N-dealkylation sites (N-methyl/N-ethyl adjacent to an activating group) is 1.